The van der Waals surface area contributed by atoms with Gasteiger partial charge in [-0.2, -0.15) is 0 Å². The molecule has 0 heterocycles. The molecule has 4 heteroatoms. The third-order valence-corrected chi connectivity index (χ3v) is 3.51. The van der Waals surface area contributed by atoms with Gasteiger partial charge in [0.25, 0.3) is 5.91 Å². The van der Waals surface area contributed by atoms with Crippen LogP contribution < -0.4 is 14.8 Å². The lowest BCUT2D eigenvalue weighted by atomic mass is 10.1. The summed E-state index contributed by atoms with van der Waals surface area (Å²) in [5.74, 6) is 1.33. The summed E-state index contributed by atoms with van der Waals surface area (Å²) in [7, 11) is 0. The maximum absolute atomic E-state index is 12.3. The molecule has 0 unspecified atom stereocenters. The van der Waals surface area contributed by atoms with Crippen molar-refractivity contribution in [3.63, 3.8) is 0 Å². The van der Waals surface area contributed by atoms with Crippen molar-refractivity contribution in [2.45, 2.75) is 46.8 Å². The number of anilines is 1. The van der Waals surface area contributed by atoms with Crippen molar-refractivity contribution in [1.82, 2.24) is 0 Å². The standard InChI is InChI=1S/C20H25NO3/c1-13(2)23-18-10-8-17(9-11-18)21-20(22)16(5)24-19-12-14(3)6-7-15(19)4/h6-13,16H,1-5H3,(H,21,22)/t16-/m1/s1. The number of rotatable bonds is 6. The summed E-state index contributed by atoms with van der Waals surface area (Å²) in [6.07, 6.45) is -0.464. The van der Waals surface area contributed by atoms with E-state index >= 15 is 0 Å². The van der Waals surface area contributed by atoms with Gasteiger partial charge in [0.2, 0.25) is 0 Å². The zero-order chi connectivity index (χ0) is 17.7. The van der Waals surface area contributed by atoms with Crippen LogP contribution in [0.15, 0.2) is 42.5 Å². The van der Waals surface area contributed by atoms with E-state index < -0.39 is 6.10 Å². The van der Waals surface area contributed by atoms with Crippen LogP contribution in [0.5, 0.6) is 11.5 Å². The van der Waals surface area contributed by atoms with Crippen molar-refractivity contribution < 1.29 is 14.3 Å². The molecule has 0 bridgehead atoms. The SMILES string of the molecule is Cc1ccc(C)c(O[C@H](C)C(=O)Nc2ccc(OC(C)C)cc2)c1. The van der Waals surface area contributed by atoms with Gasteiger partial charge in [-0.1, -0.05) is 12.1 Å². The summed E-state index contributed by atoms with van der Waals surface area (Å²) in [6.45, 7) is 9.65. The van der Waals surface area contributed by atoms with E-state index in [4.69, 9.17) is 9.47 Å². The average Bonchev–Trinajstić information content (AvgIpc) is 2.52. The van der Waals surface area contributed by atoms with Gasteiger partial charge in [-0.05, 0) is 76.1 Å². The Bertz CT molecular complexity index is 693. The topological polar surface area (TPSA) is 47.6 Å². The van der Waals surface area contributed by atoms with Gasteiger partial charge >= 0.3 is 0 Å². The zero-order valence-corrected chi connectivity index (χ0v) is 14.9. The highest BCUT2D eigenvalue weighted by atomic mass is 16.5. The summed E-state index contributed by atoms with van der Waals surface area (Å²) in [5, 5.41) is 2.86. The second kappa shape index (κ2) is 7.86. The quantitative estimate of drug-likeness (QED) is 0.850. The maximum atomic E-state index is 12.3. The monoisotopic (exact) mass is 327 g/mol. The van der Waals surface area contributed by atoms with Crippen molar-refractivity contribution >= 4 is 11.6 Å². The van der Waals surface area contributed by atoms with Crippen molar-refractivity contribution in [2.75, 3.05) is 5.32 Å². The molecule has 0 saturated heterocycles. The average molecular weight is 327 g/mol. The number of carbonyl (C=O) groups excluding carboxylic acids is 1. The summed E-state index contributed by atoms with van der Waals surface area (Å²) in [6, 6.07) is 13.3. The van der Waals surface area contributed by atoms with Gasteiger partial charge in [-0.25, -0.2) is 0 Å². The van der Waals surface area contributed by atoms with E-state index in [1.807, 2.05) is 70.2 Å². The third kappa shape index (κ3) is 5.01. The van der Waals surface area contributed by atoms with E-state index in [2.05, 4.69) is 5.32 Å². The van der Waals surface area contributed by atoms with Crippen LogP contribution in [-0.4, -0.2) is 18.1 Å². The molecule has 0 aliphatic heterocycles. The second-order valence-corrected chi connectivity index (χ2v) is 6.21. The maximum Gasteiger partial charge on any atom is 0.265 e. The molecule has 0 aliphatic rings. The molecule has 0 aliphatic carbocycles. The number of aryl methyl sites for hydroxylation is 2. The lowest BCUT2D eigenvalue weighted by Crippen LogP contribution is -2.30. The minimum absolute atomic E-state index is 0.122. The molecular formula is C20H25NO3. The largest absolute Gasteiger partial charge is 0.491 e. The Morgan fingerprint density at radius 1 is 0.958 bits per heavy atom. The van der Waals surface area contributed by atoms with Gasteiger partial charge in [0.1, 0.15) is 11.5 Å². The van der Waals surface area contributed by atoms with Gasteiger partial charge in [0, 0.05) is 5.69 Å². The molecular weight excluding hydrogens is 302 g/mol. The van der Waals surface area contributed by atoms with Gasteiger partial charge in [-0.3, -0.25) is 4.79 Å². The first kappa shape index (κ1) is 17.9. The van der Waals surface area contributed by atoms with Crippen LogP contribution in [0, 0.1) is 13.8 Å². The van der Waals surface area contributed by atoms with E-state index in [9.17, 15) is 4.79 Å². The smallest absolute Gasteiger partial charge is 0.265 e. The molecule has 24 heavy (non-hydrogen) atoms. The van der Waals surface area contributed by atoms with Crippen LogP contribution >= 0.6 is 0 Å². The van der Waals surface area contributed by atoms with Gasteiger partial charge in [0.15, 0.2) is 6.10 Å². The number of hydrogen-bond acceptors (Lipinski definition) is 3. The van der Waals surface area contributed by atoms with Crippen LogP contribution in [0.1, 0.15) is 31.9 Å². The summed E-state index contributed by atoms with van der Waals surface area (Å²) >= 11 is 0. The number of hydrogen-bond donors (Lipinski definition) is 1. The van der Waals surface area contributed by atoms with Crippen LogP contribution in [0.25, 0.3) is 0 Å². The molecule has 0 spiro atoms. The Morgan fingerprint density at radius 2 is 1.62 bits per heavy atom. The lowest BCUT2D eigenvalue weighted by Gasteiger charge is -2.17. The third-order valence-electron chi connectivity index (χ3n) is 3.51. The molecule has 0 aromatic heterocycles. The highest BCUT2D eigenvalue weighted by Gasteiger charge is 2.16. The van der Waals surface area contributed by atoms with Crippen LogP contribution in [0.2, 0.25) is 0 Å². The fourth-order valence-electron chi connectivity index (χ4n) is 2.21. The summed E-state index contributed by atoms with van der Waals surface area (Å²) in [5.41, 5.74) is 2.83. The number of benzene rings is 2. The Morgan fingerprint density at radius 3 is 2.25 bits per heavy atom. The highest BCUT2D eigenvalue weighted by molar-refractivity contribution is 5.94. The van der Waals surface area contributed by atoms with E-state index in [1.165, 1.54) is 0 Å². The van der Waals surface area contributed by atoms with Crippen molar-refractivity contribution in [3.8, 4) is 11.5 Å². The van der Waals surface area contributed by atoms with E-state index in [0.717, 1.165) is 22.6 Å². The predicted molar refractivity (Wildman–Crippen MR) is 96.8 cm³/mol. The first-order chi connectivity index (χ1) is 11.3. The normalized spacial score (nSPS) is 11.9. The fourth-order valence-corrected chi connectivity index (χ4v) is 2.21. The second-order valence-electron chi connectivity index (χ2n) is 6.21. The molecule has 1 amide bonds. The molecule has 0 saturated carbocycles. The Labute approximate surface area is 143 Å². The Balaban J connectivity index is 1.97. The number of amides is 1. The highest BCUT2D eigenvalue weighted by Crippen LogP contribution is 2.21. The summed E-state index contributed by atoms with van der Waals surface area (Å²) < 4.78 is 11.4. The Hall–Kier alpha value is -2.49. The van der Waals surface area contributed by atoms with Crippen LogP contribution in [0.4, 0.5) is 5.69 Å². The number of carbonyl (C=O) groups is 1. The van der Waals surface area contributed by atoms with Gasteiger partial charge in [0.05, 0.1) is 6.10 Å². The van der Waals surface area contributed by atoms with E-state index in [-0.39, 0.29) is 12.0 Å². The minimum Gasteiger partial charge on any atom is -0.491 e. The Kier molecular flexibility index (Phi) is 5.85. The first-order valence-corrected chi connectivity index (χ1v) is 8.16. The molecule has 2 aromatic carbocycles. The molecule has 4 nitrogen and oxygen atoms in total. The van der Waals surface area contributed by atoms with Gasteiger partial charge in [-0.15, -0.1) is 0 Å². The molecule has 0 radical (unpaired) electrons. The molecule has 2 aromatic rings. The first-order valence-electron chi connectivity index (χ1n) is 8.16. The van der Waals surface area contributed by atoms with Gasteiger partial charge < -0.3 is 14.8 Å². The predicted octanol–water partition coefficient (Wildman–Crippen LogP) is 4.50. The molecule has 0 fully saturated rings. The van der Waals surface area contributed by atoms with Crippen molar-refractivity contribution in [3.05, 3.63) is 53.6 Å². The molecule has 128 valence electrons. The number of nitrogens with one attached hydrogen (secondary N) is 1. The molecule has 2 rings (SSSR count). The lowest BCUT2D eigenvalue weighted by molar-refractivity contribution is -0.122. The molecule has 1 N–H and O–H groups in total. The molecule has 1 atom stereocenters. The van der Waals surface area contributed by atoms with E-state index in [0.29, 0.717) is 5.69 Å². The zero-order valence-electron chi connectivity index (χ0n) is 14.9. The minimum atomic E-state index is -0.586. The van der Waals surface area contributed by atoms with Crippen molar-refractivity contribution in [2.24, 2.45) is 0 Å². The van der Waals surface area contributed by atoms with E-state index in [1.54, 1.807) is 6.92 Å². The van der Waals surface area contributed by atoms with Crippen LogP contribution in [-0.2, 0) is 4.79 Å². The number of ether oxygens (including phenoxy) is 2. The fraction of sp³-hybridized carbons (Fsp3) is 0.350. The summed E-state index contributed by atoms with van der Waals surface area (Å²) in [4.78, 5) is 12.3. The van der Waals surface area contributed by atoms with Crippen molar-refractivity contribution in [1.29, 1.82) is 0 Å². The van der Waals surface area contributed by atoms with Crippen LogP contribution in [0.3, 0.4) is 0 Å².